The van der Waals surface area contributed by atoms with Gasteiger partial charge in [0.2, 0.25) is 0 Å². The Kier molecular flexibility index (Phi) is 7.12. The van der Waals surface area contributed by atoms with Gasteiger partial charge >= 0.3 is 0 Å². The Morgan fingerprint density at radius 2 is 2.25 bits per heavy atom. The van der Waals surface area contributed by atoms with E-state index < -0.39 is 6.10 Å². The van der Waals surface area contributed by atoms with Crippen LogP contribution >= 0.6 is 11.6 Å². The van der Waals surface area contributed by atoms with Gasteiger partial charge in [0.25, 0.3) is 5.91 Å². The van der Waals surface area contributed by atoms with Crippen LogP contribution in [0.1, 0.15) is 13.8 Å². The van der Waals surface area contributed by atoms with Gasteiger partial charge in [-0.05, 0) is 32.0 Å². The first kappa shape index (κ1) is 16.5. The number of hydrogen-bond donors (Lipinski definition) is 1. The normalized spacial score (nSPS) is 11.8. The van der Waals surface area contributed by atoms with Gasteiger partial charge in [0.05, 0.1) is 13.2 Å². The summed E-state index contributed by atoms with van der Waals surface area (Å²) in [5.74, 6) is 0.377. The third kappa shape index (κ3) is 6.59. The second-order valence-electron chi connectivity index (χ2n) is 4.52. The van der Waals surface area contributed by atoms with Crippen molar-refractivity contribution in [1.82, 2.24) is 5.32 Å². The molecule has 0 aliphatic carbocycles. The first-order valence-electron chi connectivity index (χ1n) is 6.41. The summed E-state index contributed by atoms with van der Waals surface area (Å²) in [5, 5.41) is 3.31. The lowest BCUT2D eigenvalue weighted by molar-refractivity contribution is -0.127. The minimum atomic E-state index is -0.588. The van der Waals surface area contributed by atoms with Crippen LogP contribution < -0.4 is 10.1 Å². The number of carbonyl (C=O) groups is 1. The first-order valence-corrected chi connectivity index (χ1v) is 6.79. The topological polar surface area (TPSA) is 47.6 Å². The van der Waals surface area contributed by atoms with E-state index in [9.17, 15) is 4.79 Å². The number of hydrogen-bond acceptors (Lipinski definition) is 3. The molecular formula is C15H20ClNO3. The maximum atomic E-state index is 11.8. The molecular weight excluding hydrogens is 278 g/mol. The predicted molar refractivity (Wildman–Crippen MR) is 80.2 cm³/mol. The Morgan fingerprint density at radius 3 is 2.90 bits per heavy atom. The lowest BCUT2D eigenvalue weighted by atomic mass is 10.3. The number of amides is 1. The van der Waals surface area contributed by atoms with Crippen molar-refractivity contribution in [3.05, 3.63) is 41.4 Å². The second kappa shape index (κ2) is 8.61. The van der Waals surface area contributed by atoms with Crippen LogP contribution in [-0.4, -0.2) is 31.8 Å². The molecule has 0 aromatic heterocycles. The van der Waals surface area contributed by atoms with Gasteiger partial charge in [-0.15, -0.1) is 0 Å². The summed E-state index contributed by atoms with van der Waals surface area (Å²) in [4.78, 5) is 11.8. The Labute approximate surface area is 124 Å². The number of ether oxygens (including phenoxy) is 2. The lowest BCUT2D eigenvalue weighted by Gasteiger charge is -2.15. The SMILES string of the molecule is C=C(C)COCCNC(=O)C(C)Oc1cccc(Cl)c1. The first-order chi connectivity index (χ1) is 9.49. The van der Waals surface area contributed by atoms with E-state index in [1.54, 1.807) is 31.2 Å². The zero-order valence-electron chi connectivity index (χ0n) is 11.8. The number of benzene rings is 1. The molecule has 1 N–H and O–H groups in total. The van der Waals surface area contributed by atoms with Crippen molar-refractivity contribution in [3.8, 4) is 5.75 Å². The molecule has 0 radical (unpaired) electrons. The highest BCUT2D eigenvalue weighted by Gasteiger charge is 2.13. The monoisotopic (exact) mass is 297 g/mol. The Bertz CT molecular complexity index is 462. The van der Waals surface area contributed by atoms with Crippen molar-refractivity contribution < 1.29 is 14.3 Å². The van der Waals surface area contributed by atoms with Crippen LogP contribution in [0.3, 0.4) is 0 Å². The molecule has 0 aliphatic heterocycles. The van der Waals surface area contributed by atoms with Crippen molar-refractivity contribution in [1.29, 1.82) is 0 Å². The van der Waals surface area contributed by atoms with E-state index in [-0.39, 0.29) is 5.91 Å². The summed E-state index contributed by atoms with van der Waals surface area (Å²) >= 11 is 5.85. The average Bonchev–Trinajstić information content (AvgIpc) is 2.37. The summed E-state index contributed by atoms with van der Waals surface area (Å²) < 4.78 is 10.8. The predicted octanol–water partition coefficient (Wildman–Crippen LogP) is 2.82. The molecule has 20 heavy (non-hydrogen) atoms. The van der Waals surface area contributed by atoms with Gasteiger partial charge < -0.3 is 14.8 Å². The summed E-state index contributed by atoms with van der Waals surface area (Å²) in [6.45, 7) is 8.69. The second-order valence-corrected chi connectivity index (χ2v) is 4.95. The molecule has 5 heteroatoms. The molecule has 0 saturated carbocycles. The van der Waals surface area contributed by atoms with Crippen LogP contribution in [0, 0.1) is 0 Å². The lowest BCUT2D eigenvalue weighted by Crippen LogP contribution is -2.38. The average molecular weight is 298 g/mol. The maximum absolute atomic E-state index is 11.8. The van der Waals surface area contributed by atoms with E-state index in [2.05, 4.69) is 11.9 Å². The standard InChI is InChI=1S/C15H20ClNO3/c1-11(2)10-19-8-7-17-15(18)12(3)20-14-6-4-5-13(16)9-14/h4-6,9,12H,1,7-8,10H2,2-3H3,(H,17,18). The Morgan fingerprint density at radius 1 is 1.50 bits per heavy atom. The van der Waals surface area contributed by atoms with Crippen molar-refractivity contribution in [3.63, 3.8) is 0 Å². The van der Waals surface area contributed by atoms with Gasteiger partial charge in [-0.1, -0.05) is 29.8 Å². The van der Waals surface area contributed by atoms with Crippen LogP contribution in [0.4, 0.5) is 0 Å². The van der Waals surface area contributed by atoms with E-state index in [1.807, 2.05) is 6.92 Å². The van der Waals surface area contributed by atoms with Crippen molar-refractivity contribution >= 4 is 17.5 Å². The summed E-state index contributed by atoms with van der Waals surface area (Å²) in [5.41, 5.74) is 0.953. The largest absolute Gasteiger partial charge is 0.481 e. The van der Waals surface area contributed by atoms with Gasteiger partial charge in [0.15, 0.2) is 6.10 Å². The molecule has 110 valence electrons. The number of carbonyl (C=O) groups excluding carboxylic acids is 1. The molecule has 1 rings (SSSR count). The van der Waals surface area contributed by atoms with Crippen LogP contribution in [0.5, 0.6) is 5.75 Å². The number of rotatable bonds is 8. The molecule has 1 unspecified atom stereocenters. The fraction of sp³-hybridized carbons (Fsp3) is 0.400. The van der Waals surface area contributed by atoms with Crippen molar-refractivity contribution in [2.75, 3.05) is 19.8 Å². The minimum absolute atomic E-state index is 0.191. The van der Waals surface area contributed by atoms with Crippen LogP contribution in [-0.2, 0) is 9.53 Å². The molecule has 0 spiro atoms. The Hall–Kier alpha value is -1.52. The summed E-state index contributed by atoms with van der Waals surface area (Å²) in [6, 6.07) is 6.94. The van der Waals surface area contributed by atoms with Gasteiger partial charge in [0, 0.05) is 11.6 Å². The fourth-order valence-electron chi connectivity index (χ4n) is 1.43. The van der Waals surface area contributed by atoms with E-state index in [4.69, 9.17) is 21.1 Å². The third-order valence-corrected chi connectivity index (χ3v) is 2.61. The van der Waals surface area contributed by atoms with Crippen molar-refractivity contribution in [2.45, 2.75) is 20.0 Å². The summed E-state index contributed by atoms with van der Waals surface area (Å²) in [7, 11) is 0. The molecule has 1 atom stereocenters. The Balaban J connectivity index is 2.27. The van der Waals surface area contributed by atoms with Gasteiger partial charge in [0.1, 0.15) is 5.75 Å². The minimum Gasteiger partial charge on any atom is -0.481 e. The molecule has 0 aliphatic rings. The third-order valence-electron chi connectivity index (χ3n) is 2.37. The van der Waals surface area contributed by atoms with E-state index in [1.165, 1.54) is 0 Å². The van der Waals surface area contributed by atoms with Crippen LogP contribution in [0.15, 0.2) is 36.4 Å². The quantitative estimate of drug-likeness (QED) is 0.593. The van der Waals surface area contributed by atoms with Crippen LogP contribution in [0.25, 0.3) is 0 Å². The smallest absolute Gasteiger partial charge is 0.260 e. The molecule has 0 heterocycles. The van der Waals surface area contributed by atoms with Gasteiger partial charge in [-0.3, -0.25) is 4.79 Å². The van der Waals surface area contributed by atoms with Gasteiger partial charge in [-0.25, -0.2) is 0 Å². The van der Waals surface area contributed by atoms with Crippen molar-refractivity contribution in [2.24, 2.45) is 0 Å². The highest BCUT2D eigenvalue weighted by Crippen LogP contribution is 2.18. The molecule has 1 aromatic rings. The molecule has 0 bridgehead atoms. The highest BCUT2D eigenvalue weighted by atomic mass is 35.5. The zero-order valence-corrected chi connectivity index (χ0v) is 12.6. The molecule has 1 aromatic carbocycles. The van der Waals surface area contributed by atoms with E-state index >= 15 is 0 Å². The molecule has 1 amide bonds. The molecule has 4 nitrogen and oxygen atoms in total. The fourth-order valence-corrected chi connectivity index (χ4v) is 1.61. The number of halogens is 1. The number of nitrogens with one attached hydrogen (secondary N) is 1. The highest BCUT2D eigenvalue weighted by molar-refractivity contribution is 6.30. The zero-order chi connectivity index (χ0) is 15.0. The summed E-state index contributed by atoms with van der Waals surface area (Å²) in [6.07, 6.45) is -0.588. The van der Waals surface area contributed by atoms with Crippen LogP contribution in [0.2, 0.25) is 5.02 Å². The van der Waals surface area contributed by atoms with E-state index in [0.29, 0.717) is 30.5 Å². The van der Waals surface area contributed by atoms with Gasteiger partial charge in [-0.2, -0.15) is 0 Å². The molecule has 0 fully saturated rings. The molecule has 0 saturated heterocycles. The van der Waals surface area contributed by atoms with E-state index in [0.717, 1.165) is 5.57 Å². The maximum Gasteiger partial charge on any atom is 0.260 e.